The van der Waals surface area contributed by atoms with Crippen LogP contribution in [-0.4, -0.2) is 65.6 Å². The zero-order chi connectivity index (χ0) is 20.8. The van der Waals surface area contributed by atoms with Crippen molar-refractivity contribution in [3.63, 3.8) is 0 Å². The standard InChI is InChI=1S/C20H30N4O4/c1-15-18(23(4)20(27)24(5)19(15)26)22(3)12-11-21(2)13-16(25)14-28-17-9-7-6-8-10-17/h6-10,16,25H,11-14H2,1-5H3. The van der Waals surface area contributed by atoms with Crippen LogP contribution in [0.2, 0.25) is 0 Å². The van der Waals surface area contributed by atoms with Gasteiger partial charge >= 0.3 is 5.69 Å². The van der Waals surface area contributed by atoms with Crippen LogP contribution in [0.15, 0.2) is 39.9 Å². The first kappa shape index (κ1) is 21.7. The highest BCUT2D eigenvalue weighted by Crippen LogP contribution is 2.12. The van der Waals surface area contributed by atoms with Crippen LogP contribution in [-0.2, 0) is 14.1 Å². The molecule has 0 radical (unpaired) electrons. The number of aromatic nitrogens is 2. The molecule has 0 bridgehead atoms. The van der Waals surface area contributed by atoms with Crippen LogP contribution in [0, 0.1) is 6.92 Å². The second kappa shape index (κ2) is 9.57. The molecule has 8 nitrogen and oxygen atoms in total. The molecule has 0 fully saturated rings. The van der Waals surface area contributed by atoms with E-state index in [9.17, 15) is 14.7 Å². The van der Waals surface area contributed by atoms with E-state index in [1.54, 1.807) is 14.0 Å². The third-order valence-electron chi connectivity index (χ3n) is 4.74. The van der Waals surface area contributed by atoms with Gasteiger partial charge in [0.1, 0.15) is 24.3 Å². The molecule has 1 heterocycles. The van der Waals surface area contributed by atoms with Gasteiger partial charge in [0.15, 0.2) is 0 Å². The highest BCUT2D eigenvalue weighted by Gasteiger charge is 2.16. The van der Waals surface area contributed by atoms with Crippen LogP contribution in [0.4, 0.5) is 5.82 Å². The fourth-order valence-corrected chi connectivity index (χ4v) is 3.18. The minimum Gasteiger partial charge on any atom is -0.491 e. The van der Waals surface area contributed by atoms with Gasteiger partial charge in [-0.15, -0.1) is 0 Å². The summed E-state index contributed by atoms with van der Waals surface area (Å²) in [6.45, 7) is 3.65. The summed E-state index contributed by atoms with van der Waals surface area (Å²) in [6, 6.07) is 9.38. The van der Waals surface area contributed by atoms with Crippen molar-refractivity contribution in [2.75, 3.05) is 45.2 Å². The number of para-hydroxylation sites is 1. The predicted molar refractivity (Wildman–Crippen MR) is 110 cm³/mol. The first-order valence-corrected chi connectivity index (χ1v) is 9.24. The summed E-state index contributed by atoms with van der Waals surface area (Å²) in [7, 11) is 6.91. The van der Waals surface area contributed by atoms with Gasteiger partial charge in [-0.3, -0.25) is 13.9 Å². The molecule has 1 unspecified atom stereocenters. The van der Waals surface area contributed by atoms with Crippen molar-refractivity contribution in [1.29, 1.82) is 0 Å². The van der Waals surface area contributed by atoms with Gasteiger partial charge in [0.25, 0.3) is 5.56 Å². The van der Waals surface area contributed by atoms with Crippen LogP contribution in [0.5, 0.6) is 5.75 Å². The molecule has 1 N–H and O–H groups in total. The molecular weight excluding hydrogens is 360 g/mol. The molecule has 1 aromatic carbocycles. The quantitative estimate of drug-likeness (QED) is 0.659. The van der Waals surface area contributed by atoms with Crippen LogP contribution in [0.25, 0.3) is 0 Å². The smallest absolute Gasteiger partial charge is 0.332 e. The lowest BCUT2D eigenvalue weighted by molar-refractivity contribution is 0.0771. The lowest BCUT2D eigenvalue weighted by Crippen LogP contribution is -2.43. The van der Waals surface area contributed by atoms with Crippen molar-refractivity contribution in [2.24, 2.45) is 14.1 Å². The maximum Gasteiger partial charge on any atom is 0.332 e. The summed E-state index contributed by atoms with van der Waals surface area (Å²) in [5.74, 6) is 1.33. The number of nitrogens with zero attached hydrogens (tertiary/aromatic N) is 4. The zero-order valence-corrected chi connectivity index (χ0v) is 17.3. The number of aliphatic hydroxyl groups excluding tert-OH is 1. The Labute approximate surface area is 165 Å². The van der Waals surface area contributed by atoms with E-state index in [1.165, 1.54) is 11.6 Å². The van der Waals surface area contributed by atoms with E-state index >= 15 is 0 Å². The normalized spacial score (nSPS) is 12.2. The van der Waals surface area contributed by atoms with Crippen LogP contribution in [0.1, 0.15) is 5.56 Å². The topological polar surface area (TPSA) is 79.9 Å². The Morgan fingerprint density at radius 1 is 1.07 bits per heavy atom. The molecule has 0 spiro atoms. The summed E-state index contributed by atoms with van der Waals surface area (Å²) in [5.41, 5.74) is -0.0999. The van der Waals surface area contributed by atoms with Crippen LogP contribution in [0.3, 0.4) is 0 Å². The molecule has 1 aromatic heterocycles. The second-order valence-electron chi connectivity index (χ2n) is 7.12. The third kappa shape index (κ3) is 5.24. The van der Waals surface area contributed by atoms with Crippen molar-refractivity contribution >= 4 is 5.82 Å². The van der Waals surface area contributed by atoms with Crippen molar-refractivity contribution in [3.8, 4) is 5.75 Å². The summed E-state index contributed by atoms with van der Waals surface area (Å²) in [4.78, 5) is 28.3. The molecule has 2 aromatic rings. The first-order chi connectivity index (χ1) is 13.2. The molecule has 0 aliphatic carbocycles. The Morgan fingerprint density at radius 3 is 2.36 bits per heavy atom. The molecule has 0 aliphatic rings. The van der Waals surface area contributed by atoms with E-state index < -0.39 is 6.10 Å². The van der Waals surface area contributed by atoms with Gasteiger partial charge in [0.2, 0.25) is 0 Å². The van der Waals surface area contributed by atoms with Gasteiger partial charge in [-0.2, -0.15) is 0 Å². The van der Waals surface area contributed by atoms with E-state index in [1.807, 2.05) is 54.2 Å². The molecule has 28 heavy (non-hydrogen) atoms. The monoisotopic (exact) mass is 390 g/mol. The average molecular weight is 390 g/mol. The first-order valence-electron chi connectivity index (χ1n) is 9.24. The average Bonchev–Trinajstić information content (AvgIpc) is 2.68. The van der Waals surface area contributed by atoms with Crippen molar-refractivity contribution in [3.05, 3.63) is 56.7 Å². The lowest BCUT2D eigenvalue weighted by atomic mass is 10.3. The van der Waals surface area contributed by atoms with Crippen LogP contribution < -0.4 is 20.9 Å². The largest absolute Gasteiger partial charge is 0.491 e. The van der Waals surface area contributed by atoms with E-state index in [2.05, 4.69) is 0 Å². The van der Waals surface area contributed by atoms with Gasteiger partial charge in [-0.05, 0) is 26.1 Å². The minimum atomic E-state index is -0.620. The Bertz CT molecular complexity index is 854. The SMILES string of the molecule is Cc1c(N(C)CCN(C)CC(O)COc2ccccc2)n(C)c(=O)n(C)c1=O. The Kier molecular flexibility index (Phi) is 7.42. The number of benzene rings is 1. The number of rotatable bonds is 9. The number of hydrogen-bond donors (Lipinski definition) is 1. The summed E-state index contributed by atoms with van der Waals surface area (Å²) >= 11 is 0. The molecule has 1 atom stereocenters. The van der Waals surface area contributed by atoms with E-state index in [-0.39, 0.29) is 17.9 Å². The molecule has 0 saturated heterocycles. The predicted octanol–water partition coefficient (Wildman–Crippen LogP) is 0.200. The molecule has 0 saturated carbocycles. The maximum absolute atomic E-state index is 12.2. The highest BCUT2D eigenvalue weighted by molar-refractivity contribution is 5.45. The molecule has 8 heteroatoms. The van der Waals surface area contributed by atoms with Gasteiger partial charge in [-0.25, -0.2) is 4.79 Å². The number of anilines is 1. The lowest BCUT2D eigenvalue weighted by Gasteiger charge is -2.27. The van der Waals surface area contributed by atoms with Gasteiger partial charge < -0.3 is 19.6 Å². The fraction of sp³-hybridized carbons (Fsp3) is 0.500. The summed E-state index contributed by atoms with van der Waals surface area (Å²) in [6.07, 6.45) is -0.620. The molecule has 0 aliphatic heterocycles. The van der Waals surface area contributed by atoms with Crippen molar-refractivity contribution in [1.82, 2.24) is 14.0 Å². The maximum atomic E-state index is 12.2. The van der Waals surface area contributed by atoms with E-state index in [0.29, 0.717) is 31.0 Å². The molecule has 0 amide bonds. The Morgan fingerprint density at radius 2 is 1.71 bits per heavy atom. The van der Waals surface area contributed by atoms with Crippen molar-refractivity contribution < 1.29 is 9.84 Å². The number of hydrogen-bond acceptors (Lipinski definition) is 6. The highest BCUT2D eigenvalue weighted by atomic mass is 16.5. The minimum absolute atomic E-state index is 0.215. The van der Waals surface area contributed by atoms with E-state index in [4.69, 9.17) is 4.74 Å². The fourth-order valence-electron chi connectivity index (χ4n) is 3.18. The van der Waals surface area contributed by atoms with Gasteiger partial charge in [0, 0.05) is 40.8 Å². The Hall–Kier alpha value is -2.58. The van der Waals surface area contributed by atoms with Gasteiger partial charge in [0.05, 0.1) is 5.56 Å². The third-order valence-corrected chi connectivity index (χ3v) is 4.74. The van der Waals surface area contributed by atoms with Crippen molar-refractivity contribution in [2.45, 2.75) is 13.0 Å². The van der Waals surface area contributed by atoms with Gasteiger partial charge in [-0.1, -0.05) is 18.2 Å². The molecule has 154 valence electrons. The van der Waals surface area contributed by atoms with E-state index in [0.717, 1.165) is 10.3 Å². The van der Waals surface area contributed by atoms with Crippen LogP contribution >= 0.6 is 0 Å². The summed E-state index contributed by atoms with van der Waals surface area (Å²) in [5, 5.41) is 10.2. The number of ether oxygens (including phenoxy) is 1. The second-order valence-corrected chi connectivity index (χ2v) is 7.12. The summed E-state index contributed by atoms with van der Waals surface area (Å²) < 4.78 is 8.17. The Balaban J connectivity index is 1.89. The zero-order valence-electron chi connectivity index (χ0n) is 17.3. The number of aliphatic hydroxyl groups is 1. The molecule has 2 rings (SSSR count). The molecular formula is C20H30N4O4. The number of likely N-dealkylation sites (N-methyl/N-ethyl adjacent to an activating group) is 2.